The lowest BCUT2D eigenvalue weighted by atomic mass is 10.2. The van der Waals surface area contributed by atoms with Gasteiger partial charge in [0.2, 0.25) is 0 Å². The van der Waals surface area contributed by atoms with Crippen LogP contribution in [0.4, 0.5) is 10.2 Å². The van der Waals surface area contributed by atoms with Crippen molar-refractivity contribution < 1.29 is 14.6 Å². The van der Waals surface area contributed by atoms with Crippen molar-refractivity contribution in [1.29, 1.82) is 0 Å². The van der Waals surface area contributed by atoms with E-state index in [4.69, 9.17) is 10.2 Å². The number of hydrogen-bond acceptors (Lipinski definition) is 5. The molecule has 5 nitrogen and oxygen atoms in total. The van der Waals surface area contributed by atoms with Crippen LogP contribution in [0, 0.1) is 5.82 Å². The zero-order chi connectivity index (χ0) is 13.0. The number of pyridine rings is 1. The normalized spacial score (nSPS) is 17.2. The summed E-state index contributed by atoms with van der Waals surface area (Å²) < 4.78 is 14.0. The number of hydrogen-bond donors (Lipinski definition) is 2. The van der Waals surface area contributed by atoms with Gasteiger partial charge in [0.05, 0.1) is 13.2 Å². The van der Waals surface area contributed by atoms with Crippen LogP contribution < -0.4 is 4.90 Å². The Labute approximate surface area is 105 Å². The van der Waals surface area contributed by atoms with E-state index in [0.29, 0.717) is 25.5 Å². The molecule has 0 bridgehead atoms. The molecule has 18 heavy (non-hydrogen) atoms. The number of aliphatic hydroxyl groups is 2. The lowest BCUT2D eigenvalue weighted by molar-refractivity contribution is 0.188. The summed E-state index contributed by atoms with van der Waals surface area (Å²) in [6, 6.07) is 1.49. The monoisotopic (exact) mass is 255 g/mol. The third-order valence-electron chi connectivity index (χ3n) is 3.21. The van der Waals surface area contributed by atoms with Crippen molar-refractivity contribution in [3.63, 3.8) is 0 Å². The topological polar surface area (TPSA) is 59.8 Å². The van der Waals surface area contributed by atoms with Crippen LogP contribution in [-0.4, -0.2) is 59.4 Å². The average molecular weight is 255 g/mol. The number of halogens is 1. The lowest BCUT2D eigenvalue weighted by Crippen LogP contribution is -2.47. The molecule has 0 radical (unpaired) electrons. The van der Waals surface area contributed by atoms with Crippen LogP contribution in [0.25, 0.3) is 0 Å². The summed E-state index contributed by atoms with van der Waals surface area (Å²) in [5, 5.41) is 17.9. The quantitative estimate of drug-likeness (QED) is 0.782. The van der Waals surface area contributed by atoms with Crippen molar-refractivity contribution in [3.05, 3.63) is 23.6 Å². The number of anilines is 1. The number of β-amino-alcohol motifs (C(OH)–C–C–N with tert-alkyl or cyclic N) is 1. The van der Waals surface area contributed by atoms with Crippen molar-refractivity contribution in [3.8, 4) is 0 Å². The maximum Gasteiger partial charge on any atom is 0.171 e. The molecule has 1 aliphatic heterocycles. The third-order valence-corrected chi connectivity index (χ3v) is 3.21. The summed E-state index contributed by atoms with van der Waals surface area (Å²) in [4.78, 5) is 8.06. The van der Waals surface area contributed by atoms with E-state index in [0.717, 1.165) is 13.1 Å². The number of aliphatic hydroxyl groups excluding tert-OH is 2. The fraction of sp³-hybridized carbons (Fsp3) is 0.583. The van der Waals surface area contributed by atoms with E-state index in [1.165, 1.54) is 12.3 Å². The van der Waals surface area contributed by atoms with E-state index in [2.05, 4.69) is 9.88 Å². The molecule has 0 aromatic carbocycles. The fourth-order valence-electron chi connectivity index (χ4n) is 2.14. The first kappa shape index (κ1) is 13.2. The predicted molar refractivity (Wildman–Crippen MR) is 65.9 cm³/mol. The highest BCUT2D eigenvalue weighted by atomic mass is 19.1. The second kappa shape index (κ2) is 6.08. The van der Waals surface area contributed by atoms with Gasteiger partial charge in [0.1, 0.15) is 0 Å². The average Bonchev–Trinajstić information content (AvgIpc) is 2.41. The van der Waals surface area contributed by atoms with E-state index in [1.54, 1.807) is 0 Å². The lowest BCUT2D eigenvalue weighted by Gasteiger charge is -2.35. The van der Waals surface area contributed by atoms with Crippen LogP contribution in [0.3, 0.4) is 0 Å². The summed E-state index contributed by atoms with van der Waals surface area (Å²) in [6.45, 7) is 3.41. The zero-order valence-corrected chi connectivity index (χ0v) is 10.2. The minimum Gasteiger partial charge on any atom is -0.395 e. The van der Waals surface area contributed by atoms with Crippen molar-refractivity contribution in [1.82, 2.24) is 9.88 Å². The number of piperazine rings is 1. The smallest absolute Gasteiger partial charge is 0.171 e. The van der Waals surface area contributed by atoms with Gasteiger partial charge in [-0.25, -0.2) is 9.37 Å². The van der Waals surface area contributed by atoms with Gasteiger partial charge < -0.3 is 15.1 Å². The van der Waals surface area contributed by atoms with Crippen molar-refractivity contribution in [2.45, 2.75) is 6.61 Å². The van der Waals surface area contributed by atoms with Crippen molar-refractivity contribution >= 4 is 5.82 Å². The molecule has 1 aromatic heterocycles. The molecule has 6 heteroatoms. The SMILES string of the molecule is OCCN1CCN(c2nccc(CO)c2F)CC1. The van der Waals surface area contributed by atoms with Gasteiger partial charge in [-0.05, 0) is 6.07 Å². The van der Waals surface area contributed by atoms with E-state index in [-0.39, 0.29) is 18.8 Å². The van der Waals surface area contributed by atoms with Gasteiger partial charge in [-0.15, -0.1) is 0 Å². The van der Waals surface area contributed by atoms with Gasteiger partial charge in [-0.3, -0.25) is 4.90 Å². The number of nitrogens with zero attached hydrogens (tertiary/aromatic N) is 3. The first-order chi connectivity index (χ1) is 8.76. The minimum absolute atomic E-state index is 0.145. The maximum atomic E-state index is 14.0. The van der Waals surface area contributed by atoms with Gasteiger partial charge in [0.25, 0.3) is 0 Å². The highest BCUT2D eigenvalue weighted by molar-refractivity contribution is 5.43. The minimum atomic E-state index is -0.435. The Morgan fingerprint density at radius 3 is 2.56 bits per heavy atom. The Kier molecular flexibility index (Phi) is 4.46. The Morgan fingerprint density at radius 2 is 1.94 bits per heavy atom. The Bertz CT molecular complexity index is 395. The van der Waals surface area contributed by atoms with Crippen LogP contribution in [-0.2, 0) is 6.61 Å². The first-order valence-electron chi connectivity index (χ1n) is 6.08. The van der Waals surface area contributed by atoms with E-state index in [1.807, 2.05) is 4.90 Å². The predicted octanol–water partition coefficient (Wildman–Crippen LogP) is -0.173. The van der Waals surface area contributed by atoms with Gasteiger partial charge in [0.15, 0.2) is 11.6 Å². The second-order valence-electron chi connectivity index (χ2n) is 4.32. The maximum absolute atomic E-state index is 14.0. The molecule has 0 unspecified atom stereocenters. The molecule has 1 saturated heterocycles. The van der Waals surface area contributed by atoms with Gasteiger partial charge in [0, 0.05) is 44.5 Å². The largest absolute Gasteiger partial charge is 0.395 e. The molecule has 0 atom stereocenters. The Morgan fingerprint density at radius 1 is 1.22 bits per heavy atom. The molecule has 0 aliphatic carbocycles. The standard InChI is InChI=1S/C12H18FN3O2/c13-11-10(9-18)1-2-14-12(11)16-5-3-15(4-6-16)7-8-17/h1-2,17-18H,3-9H2. The molecule has 2 N–H and O–H groups in total. The Hall–Kier alpha value is -1.24. The van der Waals surface area contributed by atoms with E-state index in [9.17, 15) is 4.39 Å². The molecule has 0 amide bonds. The number of rotatable bonds is 4. The highest BCUT2D eigenvalue weighted by Gasteiger charge is 2.21. The second-order valence-corrected chi connectivity index (χ2v) is 4.32. The molecular formula is C12H18FN3O2. The summed E-state index contributed by atoms with van der Waals surface area (Å²) in [5.41, 5.74) is 0.276. The van der Waals surface area contributed by atoms with Crippen LogP contribution in [0.5, 0.6) is 0 Å². The van der Waals surface area contributed by atoms with Crippen LogP contribution in [0.2, 0.25) is 0 Å². The van der Waals surface area contributed by atoms with Crippen LogP contribution >= 0.6 is 0 Å². The molecule has 0 saturated carbocycles. The summed E-state index contributed by atoms with van der Waals surface area (Å²) in [7, 11) is 0. The molecule has 1 aromatic rings. The van der Waals surface area contributed by atoms with Gasteiger partial charge in [-0.1, -0.05) is 0 Å². The van der Waals surface area contributed by atoms with Crippen molar-refractivity contribution in [2.24, 2.45) is 0 Å². The van der Waals surface area contributed by atoms with Gasteiger partial charge >= 0.3 is 0 Å². The number of aromatic nitrogens is 1. The fourth-order valence-corrected chi connectivity index (χ4v) is 2.14. The van der Waals surface area contributed by atoms with E-state index >= 15 is 0 Å². The summed E-state index contributed by atoms with van der Waals surface area (Å²) >= 11 is 0. The molecule has 0 spiro atoms. The van der Waals surface area contributed by atoms with Gasteiger partial charge in [-0.2, -0.15) is 0 Å². The molecule has 100 valence electrons. The summed E-state index contributed by atoms with van der Waals surface area (Å²) in [6.07, 6.45) is 1.52. The first-order valence-corrected chi connectivity index (χ1v) is 6.08. The molecule has 1 fully saturated rings. The molecule has 1 aliphatic rings. The molecule has 2 rings (SSSR count). The molecular weight excluding hydrogens is 237 g/mol. The van der Waals surface area contributed by atoms with Crippen molar-refractivity contribution in [2.75, 3.05) is 44.2 Å². The molecule has 2 heterocycles. The van der Waals surface area contributed by atoms with Crippen LogP contribution in [0.1, 0.15) is 5.56 Å². The van der Waals surface area contributed by atoms with Crippen LogP contribution in [0.15, 0.2) is 12.3 Å². The highest BCUT2D eigenvalue weighted by Crippen LogP contribution is 2.20. The zero-order valence-electron chi connectivity index (χ0n) is 10.2. The Balaban J connectivity index is 2.05. The summed E-state index contributed by atoms with van der Waals surface area (Å²) in [5.74, 6) is -0.124. The third kappa shape index (κ3) is 2.77. The van der Waals surface area contributed by atoms with E-state index < -0.39 is 5.82 Å².